The van der Waals surface area contributed by atoms with Gasteiger partial charge in [-0.3, -0.25) is 23.5 Å². The summed E-state index contributed by atoms with van der Waals surface area (Å²) < 4.78 is 2.31. The monoisotopic (exact) mass is 407 g/mol. The number of hydrogen-bond donors (Lipinski definition) is 3. The number of carbonyl (C=O) groups excluding carboxylic acids is 1. The molecule has 2 aliphatic rings. The minimum absolute atomic E-state index is 0.281. The van der Waals surface area contributed by atoms with E-state index in [4.69, 9.17) is 5.11 Å². The third-order valence-corrected chi connectivity index (χ3v) is 6.21. The van der Waals surface area contributed by atoms with Crippen molar-refractivity contribution in [1.82, 2.24) is 14.5 Å². The molecule has 3 rings (SSSR count). The standard InChI is InChI=1S/C20H29N3O6/c1-12-7-9-14(10-8-12)23-19(28)16(17(26)21-11-15(24)25)18(27)22(20(23)29)13-5-3-2-4-6-13/h12-14,27H,2-11H2,1H3,(H,21,26)(H,24,25). The van der Waals surface area contributed by atoms with Gasteiger partial charge in [0.25, 0.3) is 11.5 Å². The number of carboxylic acid groups (broad SMARTS) is 1. The molecule has 0 aliphatic heterocycles. The maximum atomic E-state index is 13.3. The smallest absolute Gasteiger partial charge is 0.334 e. The van der Waals surface area contributed by atoms with Crippen LogP contribution < -0.4 is 16.6 Å². The molecule has 1 aromatic rings. The molecule has 0 aromatic carbocycles. The highest BCUT2D eigenvalue weighted by Crippen LogP contribution is 2.33. The summed E-state index contributed by atoms with van der Waals surface area (Å²) in [6, 6.07) is -0.607. The lowest BCUT2D eigenvalue weighted by atomic mass is 9.87. The van der Waals surface area contributed by atoms with Crippen LogP contribution in [0, 0.1) is 5.92 Å². The van der Waals surface area contributed by atoms with E-state index in [1.807, 2.05) is 0 Å². The predicted octanol–water partition coefficient (Wildman–Crippen LogP) is 1.79. The number of nitrogens with zero attached hydrogens (tertiary/aromatic N) is 2. The highest BCUT2D eigenvalue weighted by molar-refractivity contribution is 5.97. The lowest BCUT2D eigenvalue weighted by Gasteiger charge is -2.30. The Morgan fingerprint density at radius 3 is 2.14 bits per heavy atom. The van der Waals surface area contributed by atoms with Crippen LogP contribution in [0.4, 0.5) is 0 Å². The van der Waals surface area contributed by atoms with Crippen molar-refractivity contribution in [2.75, 3.05) is 6.54 Å². The van der Waals surface area contributed by atoms with Gasteiger partial charge in [-0.05, 0) is 44.4 Å². The summed E-state index contributed by atoms with van der Waals surface area (Å²) in [5.41, 5.74) is -1.97. The average molecular weight is 407 g/mol. The van der Waals surface area contributed by atoms with Crippen LogP contribution in [0.2, 0.25) is 0 Å². The molecular formula is C20H29N3O6. The van der Waals surface area contributed by atoms with Gasteiger partial charge in [-0.1, -0.05) is 26.2 Å². The number of nitrogens with one attached hydrogen (secondary N) is 1. The topological polar surface area (TPSA) is 131 Å². The van der Waals surface area contributed by atoms with Gasteiger partial charge in [0.15, 0.2) is 5.56 Å². The van der Waals surface area contributed by atoms with Crippen molar-refractivity contribution in [1.29, 1.82) is 0 Å². The summed E-state index contributed by atoms with van der Waals surface area (Å²) >= 11 is 0. The second-order valence-electron chi connectivity index (χ2n) is 8.31. The first-order valence-electron chi connectivity index (χ1n) is 10.4. The molecule has 0 spiro atoms. The van der Waals surface area contributed by atoms with Crippen molar-refractivity contribution in [3.8, 4) is 5.88 Å². The first-order valence-corrected chi connectivity index (χ1v) is 10.4. The van der Waals surface area contributed by atoms with Crippen LogP contribution in [0.3, 0.4) is 0 Å². The SMILES string of the molecule is CC1CCC(n2c(=O)c(C(=O)NCC(=O)O)c(O)n(C3CCCCC3)c2=O)CC1. The van der Waals surface area contributed by atoms with Crippen LogP contribution in [0.15, 0.2) is 9.59 Å². The van der Waals surface area contributed by atoms with E-state index in [1.165, 1.54) is 4.57 Å². The van der Waals surface area contributed by atoms with Crippen molar-refractivity contribution in [3.05, 3.63) is 26.4 Å². The zero-order valence-corrected chi connectivity index (χ0v) is 16.7. The largest absolute Gasteiger partial charge is 0.494 e. The van der Waals surface area contributed by atoms with Crippen molar-refractivity contribution in [2.24, 2.45) is 5.92 Å². The van der Waals surface area contributed by atoms with E-state index in [-0.39, 0.29) is 12.1 Å². The Morgan fingerprint density at radius 2 is 1.55 bits per heavy atom. The average Bonchev–Trinajstić information content (AvgIpc) is 2.68. The van der Waals surface area contributed by atoms with Crippen LogP contribution >= 0.6 is 0 Å². The van der Waals surface area contributed by atoms with Crippen molar-refractivity contribution in [3.63, 3.8) is 0 Å². The number of aliphatic carboxylic acids is 1. The van der Waals surface area contributed by atoms with Crippen LogP contribution in [0.1, 0.15) is 87.2 Å². The molecule has 0 unspecified atom stereocenters. The summed E-state index contributed by atoms with van der Waals surface area (Å²) in [5, 5.41) is 21.7. The second kappa shape index (κ2) is 8.84. The van der Waals surface area contributed by atoms with Crippen LogP contribution in [0.5, 0.6) is 5.88 Å². The molecule has 9 heteroatoms. The fourth-order valence-electron chi connectivity index (χ4n) is 4.56. The number of hydrogen-bond acceptors (Lipinski definition) is 5. The maximum Gasteiger partial charge on any atom is 0.334 e. The molecule has 0 radical (unpaired) electrons. The van der Waals surface area contributed by atoms with E-state index in [2.05, 4.69) is 12.2 Å². The second-order valence-corrected chi connectivity index (χ2v) is 8.31. The van der Waals surface area contributed by atoms with Gasteiger partial charge in [0.1, 0.15) is 6.54 Å². The molecule has 0 bridgehead atoms. The molecule has 1 amide bonds. The van der Waals surface area contributed by atoms with Crippen molar-refractivity contribution < 1.29 is 19.8 Å². The minimum atomic E-state index is -1.26. The molecule has 160 valence electrons. The van der Waals surface area contributed by atoms with Gasteiger partial charge in [0, 0.05) is 12.1 Å². The van der Waals surface area contributed by atoms with E-state index in [0.717, 1.165) is 36.7 Å². The van der Waals surface area contributed by atoms with Gasteiger partial charge in [0.2, 0.25) is 5.88 Å². The fourth-order valence-corrected chi connectivity index (χ4v) is 4.56. The van der Waals surface area contributed by atoms with E-state index >= 15 is 0 Å². The van der Waals surface area contributed by atoms with E-state index < -0.39 is 41.1 Å². The number of carbonyl (C=O) groups is 2. The zero-order chi connectivity index (χ0) is 21.1. The molecular weight excluding hydrogens is 378 g/mol. The summed E-state index contributed by atoms with van der Waals surface area (Å²) in [6.07, 6.45) is 7.27. The van der Waals surface area contributed by atoms with E-state index in [0.29, 0.717) is 31.6 Å². The predicted molar refractivity (Wildman–Crippen MR) is 105 cm³/mol. The van der Waals surface area contributed by atoms with Gasteiger partial charge in [-0.15, -0.1) is 0 Å². The Labute approximate surface area is 168 Å². The molecule has 2 aliphatic carbocycles. The maximum absolute atomic E-state index is 13.3. The van der Waals surface area contributed by atoms with Gasteiger partial charge in [0.05, 0.1) is 0 Å². The summed E-state index contributed by atoms with van der Waals surface area (Å²) in [7, 11) is 0. The minimum Gasteiger partial charge on any atom is -0.494 e. The number of aromatic hydroxyl groups is 1. The number of aromatic nitrogens is 2. The molecule has 0 atom stereocenters. The summed E-state index contributed by atoms with van der Waals surface area (Å²) in [5.74, 6) is -2.38. The Bertz CT molecular complexity index is 889. The van der Waals surface area contributed by atoms with Gasteiger partial charge < -0.3 is 15.5 Å². The quantitative estimate of drug-likeness (QED) is 0.682. The van der Waals surface area contributed by atoms with Gasteiger partial charge in [-0.2, -0.15) is 0 Å². The van der Waals surface area contributed by atoms with Gasteiger partial charge >= 0.3 is 11.7 Å². The third kappa shape index (κ3) is 4.38. The molecule has 29 heavy (non-hydrogen) atoms. The molecule has 0 saturated heterocycles. The van der Waals surface area contributed by atoms with E-state index in [9.17, 15) is 24.3 Å². The fraction of sp³-hybridized carbons (Fsp3) is 0.700. The van der Waals surface area contributed by atoms with Crippen molar-refractivity contribution >= 4 is 11.9 Å². The molecule has 1 aromatic heterocycles. The normalized spacial score (nSPS) is 22.9. The zero-order valence-electron chi connectivity index (χ0n) is 16.7. The highest BCUT2D eigenvalue weighted by Gasteiger charge is 2.32. The van der Waals surface area contributed by atoms with Crippen LogP contribution in [-0.2, 0) is 4.79 Å². The Balaban J connectivity index is 2.12. The third-order valence-electron chi connectivity index (χ3n) is 6.21. The highest BCUT2D eigenvalue weighted by atomic mass is 16.4. The lowest BCUT2D eigenvalue weighted by Crippen LogP contribution is -2.48. The molecule has 9 nitrogen and oxygen atoms in total. The summed E-state index contributed by atoms with van der Waals surface area (Å²) in [4.78, 5) is 49.7. The molecule has 2 saturated carbocycles. The summed E-state index contributed by atoms with van der Waals surface area (Å²) in [6.45, 7) is 1.45. The van der Waals surface area contributed by atoms with Crippen LogP contribution in [-0.4, -0.2) is 37.8 Å². The molecule has 1 heterocycles. The lowest BCUT2D eigenvalue weighted by molar-refractivity contribution is -0.135. The number of carboxylic acids is 1. The first kappa shape index (κ1) is 21.1. The molecule has 2 fully saturated rings. The van der Waals surface area contributed by atoms with E-state index in [1.54, 1.807) is 0 Å². The van der Waals surface area contributed by atoms with Crippen LogP contribution in [0.25, 0.3) is 0 Å². The number of rotatable bonds is 5. The van der Waals surface area contributed by atoms with Gasteiger partial charge in [-0.25, -0.2) is 4.79 Å². The Kier molecular flexibility index (Phi) is 6.44. The van der Waals surface area contributed by atoms with Crippen molar-refractivity contribution in [2.45, 2.75) is 76.8 Å². The Morgan fingerprint density at radius 1 is 0.966 bits per heavy atom. The first-order chi connectivity index (χ1) is 13.8. The number of amides is 1. The Hall–Kier alpha value is -2.58. The molecule has 3 N–H and O–H groups in total.